The summed E-state index contributed by atoms with van der Waals surface area (Å²) in [5.74, 6) is 0. The fourth-order valence-corrected chi connectivity index (χ4v) is 0.812. The molecule has 5 nitrogen and oxygen atoms in total. The van der Waals surface area contributed by atoms with E-state index in [2.05, 4.69) is 10.9 Å². The molecule has 0 spiro atoms. The van der Waals surface area contributed by atoms with Gasteiger partial charge in [0.2, 0.25) is 0 Å². The number of carboxylic acid groups (broad SMARTS) is 1. The van der Waals surface area contributed by atoms with E-state index in [4.69, 9.17) is 9.84 Å². The highest BCUT2D eigenvalue weighted by Gasteiger charge is 2.14. The van der Waals surface area contributed by atoms with Crippen LogP contribution in [0.1, 0.15) is 6.42 Å². The second kappa shape index (κ2) is 3.38. The van der Waals surface area contributed by atoms with Gasteiger partial charge in [0.15, 0.2) is 0 Å². The number of hydrogen-bond donors (Lipinski definition) is 3. The van der Waals surface area contributed by atoms with Crippen LogP contribution < -0.4 is 10.9 Å². The van der Waals surface area contributed by atoms with E-state index in [-0.39, 0.29) is 6.04 Å². The van der Waals surface area contributed by atoms with E-state index in [1.165, 1.54) is 0 Å². The SMILES string of the molecule is O=C(O)NN[C@@H]1CCOC1. The molecule has 1 aliphatic rings. The Bertz CT molecular complexity index is 122. The van der Waals surface area contributed by atoms with Crippen LogP contribution in [0, 0.1) is 0 Å². The van der Waals surface area contributed by atoms with Gasteiger partial charge in [-0.1, -0.05) is 0 Å². The summed E-state index contributed by atoms with van der Waals surface area (Å²) in [5.41, 5.74) is 4.68. The molecule has 0 unspecified atom stereocenters. The van der Waals surface area contributed by atoms with Gasteiger partial charge < -0.3 is 9.84 Å². The molecule has 58 valence electrons. The van der Waals surface area contributed by atoms with Crippen molar-refractivity contribution in [2.45, 2.75) is 12.5 Å². The number of hydrogen-bond acceptors (Lipinski definition) is 3. The Hall–Kier alpha value is -0.810. The van der Waals surface area contributed by atoms with Crippen LogP contribution in [0.4, 0.5) is 4.79 Å². The number of hydrazine groups is 1. The zero-order valence-electron chi connectivity index (χ0n) is 5.46. The minimum Gasteiger partial charge on any atom is -0.464 e. The van der Waals surface area contributed by atoms with E-state index in [0.29, 0.717) is 13.2 Å². The maximum absolute atomic E-state index is 9.94. The third-order valence-electron chi connectivity index (χ3n) is 1.31. The predicted octanol–water partition coefficient (Wildman–Crippen LogP) is -0.453. The summed E-state index contributed by atoms with van der Waals surface area (Å²) >= 11 is 0. The summed E-state index contributed by atoms with van der Waals surface area (Å²) in [6.45, 7) is 1.29. The monoisotopic (exact) mass is 146 g/mol. The van der Waals surface area contributed by atoms with Crippen molar-refractivity contribution < 1.29 is 14.6 Å². The lowest BCUT2D eigenvalue weighted by Crippen LogP contribution is -2.43. The second-order valence-corrected chi connectivity index (χ2v) is 2.14. The highest BCUT2D eigenvalue weighted by molar-refractivity contribution is 5.63. The summed E-state index contributed by atoms with van der Waals surface area (Å²) in [4.78, 5) is 9.94. The number of rotatable bonds is 2. The molecule has 1 fully saturated rings. The van der Waals surface area contributed by atoms with Crippen LogP contribution in [0.25, 0.3) is 0 Å². The van der Waals surface area contributed by atoms with Crippen molar-refractivity contribution in [3.8, 4) is 0 Å². The van der Waals surface area contributed by atoms with Crippen molar-refractivity contribution in [1.29, 1.82) is 0 Å². The zero-order chi connectivity index (χ0) is 7.40. The van der Waals surface area contributed by atoms with Gasteiger partial charge in [-0.3, -0.25) is 5.43 Å². The molecule has 0 bridgehead atoms. The molecule has 10 heavy (non-hydrogen) atoms. The topological polar surface area (TPSA) is 70.6 Å². The van der Waals surface area contributed by atoms with Crippen molar-refractivity contribution in [1.82, 2.24) is 10.9 Å². The van der Waals surface area contributed by atoms with E-state index in [0.717, 1.165) is 6.42 Å². The van der Waals surface area contributed by atoms with Crippen molar-refractivity contribution in [2.75, 3.05) is 13.2 Å². The normalized spacial score (nSPS) is 24.6. The molecule has 0 saturated carbocycles. The van der Waals surface area contributed by atoms with Crippen molar-refractivity contribution >= 4 is 6.09 Å². The van der Waals surface area contributed by atoms with Gasteiger partial charge in [0.1, 0.15) is 0 Å². The maximum Gasteiger partial charge on any atom is 0.419 e. The molecule has 1 aliphatic heterocycles. The van der Waals surface area contributed by atoms with Gasteiger partial charge in [0.25, 0.3) is 0 Å². The van der Waals surface area contributed by atoms with Gasteiger partial charge in [0.05, 0.1) is 12.6 Å². The summed E-state index contributed by atoms with van der Waals surface area (Å²) in [7, 11) is 0. The molecule has 5 heteroatoms. The quantitative estimate of drug-likeness (QED) is 0.461. The van der Waals surface area contributed by atoms with E-state index in [1.807, 2.05) is 0 Å². The molecule has 1 heterocycles. The highest BCUT2D eigenvalue weighted by atomic mass is 16.5. The van der Waals surface area contributed by atoms with E-state index >= 15 is 0 Å². The number of carbonyl (C=O) groups is 1. The first-order valence-corrected chi connectivity index (χ1v) is 3.11. The average molecular weight is 146 g/mol. The molecule has 0 aromatic rings. The molecule has 0 aromatic heterocycles. The minimum atomic E-state index is -1.06. The van der Waals surface area contributed by atoms with Crippen molar-refractivity contribution in [2.24, 2.45) is 0 Å². The van der Waals surface area contributed by atoms with E-state index in [9.17, 15) is 4.79 Å². The Labute approximate surface area is 58.3 Å². The molecule has 0 radical (unpaired) electrons. The average Bonchev–Trinajstić information content (AvgIpc) is 2.34. The molecular weight excluding hydrogens is 136 g/mol. The third-order valence-corrected chi connectivity index (χ3v) is 1.31. The highest BCUT2D eigenvalue weighted by Crippen LogP contribution is 2.01. The molecule has 3 N–H and O–H groups in total. The molecule has 1 amide bonds. The fourth-order valence-electron chi connectivity index (χ4n) is 0.812. The van der Waals surface area contributed by atoms with Crippen LogP contribution in [0.2, 0.25) is 0 Å². The van der Waals surface area contributed by atoms with Gasteiger partial charge in [-0.2, -0.15) is 0 Å². The Morgan fingerprint density at radius 2 is 2.50 bits per heavy atom. The molecule has 1 rings (SSSR count). The first-order valence-electron chi connectivity index (χ1n) is 3.11. The standard InChI is InChI=1S/C5H10N2O3/c8-5(9)7-6-4-1-2-10-3-4/h4,6-7H,1-3H2,(H,8,9)/t4-/m1/s1. The molecule has 1 saturated heterocycles. The number of nitrogens with one attached hydrogen (secondary N) is 2. The summed E-state index contributed by atoms with van der Waals surface area (Å²) in [6, 6.07) is 0.135. The minimum absolute atomic E-state index is 0.135. The van der Waals surface area contributed by atoms with Gasteiger partial charge in [-0.25, -0.2) is 10.2 Å². The smallest absolute Gasteiger partial charge is 0.419 e. The van der Waals surface area contributed by atoms with Crippen LogP contribution in [0.3, 0.4) is 0 Å². The van der Waals surface area contributed by atoms with Crippen LogP contribution in [0.5, 0.6) is 0 Å². The summed E-state index contributed by atoms with van der Waals surface area (Å²) in [6.07, 6.45) is -0.202. The molecule has 0 aromatic carbocycles. The molecule has 0 aliphatic carbocycles. The lowest BCUT2D eigenvalue weighted by molar-refractivity contribution is 0.175. The number of ether oxygens (including phenoxy) is 1. The molecular formula is C5H10N2O3. The first kappa shape index (κ1) is 7.30. The van der Waals surface area contributed by atoms with Crippen molar-refractivity contribution in [3.63, 3.8) is 0 Å². The predicted molar refractivity (Wildman–Crippen MR) is 33.5 cm³/mol. The van der Waals surface area contributed by atoms with Gasteiger partial charge in [-0.15, -0.1) is 0 Å². The maximum atomic E-state index is 9.94. The van der Waals surface area contributed by atoms with Crippen LogP contribution >= 0.6 is 0 Å². The van der Waals surface area contributed by atoms with E-state index in [1.54, 1.807) is 0 Å². The summed E-state index contributed by atoms with van der Waals surface area (Å²) < 4.78 is 4.99. The Balaban J connectivity index is 2.07. The Kier molecular flexibility index (Phi) is 2.47. The lowest BCUT2D eigenvalue weighted by Gasteiger charge is -2.08. The van der Waals surface area contributed by atoms with Gasteiger partial charge >= 0.3 is 6.09 Å². The van der Waals surface area contributed by atoms with Gasteiger partial charge in [-0.05, 0) is 6.42 Å². The van der Waals surface area contributed by atoms with Crippen LogP contribution in [0.15, 0.2) is 0 Å². The fraction of sp³-hybridized carbons (Fsp3) is 0.800. The van der Waals surface area contributed by atoms with Crippen LogP contribution in [-0.4, -0.2) is 30.5 Å². The zero-order valence-corrected chi connectivity index (χ0v) is 5.46. The van der Waals surface area contributed by atoms with Crippen molar-refractivity contribution in [3.05, 3.63) is 0 Å². The third kappa shape index (κ3) is 2.20. The van der Waals surface area contributed by atoms with Gasteiger partial charge in [0, 0.05) is 6.61 Å². The van der Waals surface area contributed by atoms with Crippen LogP contribution in [-0.2, 0) is 4.74 Å². The molecule has 1 atom stereocenters. The number of amides is 1. The Morgan fingerprint density at radius 1 is 1.70 bits per heavy atom. The summed E-state index contributed by atoms with van der Waals surface area (Å²) in [5, 5.41) is 8.16. The van der Waals surface area contributed by atoms with E-state index < -0.39 is 6.09 Å². The lowest BCUT2D eigenvalue weighted by atomic mass is 10.3. The Morgan fingerprint density at radius 3 is 3.00 bits per heavy atom. The first-order chi connectivity index (χ1) is 4.79. The second-order valence-electron chi connectivity index (χ2n) is 2.14. The largest absolute Gasteiger partial charge is 0.464 e.